The minimum absolute atomic E-state index is 0.701. The molecule has 1 aliphatic heterocycles. The van der Waals surface area contributed by atoms with Crippen molar-refractivity contribution in [3.8, 4) is 5.75 Å². The number of benzene rings is 2. The zero-order chi connectivity index (χ0) is 15.1. The minimum Gasteiger partial charge on any atom is -0.490 e. The van der Waals surface area contributed by atoms with Gasteiger partial charge in [-0.25, -0.2) is 4.98 Å². The van der Waals surface area contributed by atoms with Gasteiger partial charge in [-0.2, -0.15) is 0 Å². The molecule has 22 heavy (non-hydrogen) atoms. The van der Waals surface area contributed by atoms with Crippen molar-refractivity contribution in [1.29, 1.82) is 0 Å². The SMILES string of the molecule is Cn1c(CN2CCOc3ccccc32)nc2cc(Cl)ccc21. The largest absolute Gasteiger partial charge is 0.490 e. The molecule has 0 saturated carbocycles. The molecular weight excluding hydrogens is 298 g/mol. The third-order valence-corrected chi connectivity index (χ3v) is 4.33. The summed E-state index contributed by atoms with van der Waals surface area (Å²) in [6.07, 6.45) is 0. The van der Waals surface area contributed by atoms with E-state index in [0.29, 0.717) is 11.6 Å². The Labute approximate surface area is 133 Å². The average Bonchev–Trinajstić information content (AvgIpc) is 2.83. The van der Waals surface area contributed by atoms with Crippen molar-refractivity contribution >= 4 is 28.3 Å². The lowest BCUT2D eigenvalue weighted by atomic mass is 10.2. The van der Waals surface area contributed by atoms with Crippen LogP contribution in [0.1, 0.15) is 5.82 Å². The number of hydrogen-bond acceptors (Lipinski definition) is 3. The number of anilines is 1. The van der Waals surface area contributed by atoms with Crippen LogP contribution in [-0.4, -0.2) is 22.7 Å². The van der Waals surface area contributed by atoms with Crippen molar-refractivity contribution in [2.24, 2.45) is 7.05 Å². The number of nitrogens with zero attached hydrogens (tertiary/aromatic N) is 3. The molecule has 0 saturated heterocycles. The van der Waals surface area contributed by atoms with Gasteiger partial charge in [0.2, 0.25) is 0 Å². The third-order valence-electron chi connectivity index (χ3n) is 4.09. The van der Waals surface area contributed by atoms with Gasteiger partial charge in [-0.05, 0) is 30.3 Å². The Morgan fingerprint density at radius 3 is 3.00 bits per heavy atom. The number of aromatic nitrogens is 2. The third kappa shape index (κ3) is 2.20. The molecule has 0 unspecified atom stereocenters. The molecule has 4 nitrogen and oxygen atoms in total. The lowest BCUT2D eigenvalue weighted by Crippen LogP contribution is -2.33. The molecule has 3 aromatic rings. The highest BCUT2D eigenvalue weighted by atomic mass is 35.5. The Hall–Kier alpha value is -2.20. The molecule has 112 valence electrons. The van der Waals surface area contributed by atoms with Crippen LogP contribution in [0.4, 0.5) is 5.69 Å². The lowest BCUT2D eigenvalue weighted by molar-refractivity contribution is 0.306. The zero-order valence-electron chi connectivity index (χ0n) is 12.3. The van der Waals surface area contributed by atoms with E-state index in [9.17, 15) is 0 Å². The quantitative estimate of drug-likeness (QED) is 0.724. The normalized spacial score (nSPS) is 14.0. The van der Waals surface area contributed by atoms with E-state index in [1.54, 1.807) is 0 Å². The Bertz CT molecular complexity index is 843. The smallest absolute Gasteiger partial charge is 0.142 e. The highest BCUT2D eigenvalue weighted by Crippen LogP contribution is 2.32. The van der Waals surface area contributed by atoms with Crippen LogP contribution in [0.3, 0.4) is 0 Å². The fourth-order valence-corrected chi connectivity index (χ4v) is 3.09. The Morgan fingerprint density at radius 2 is 2.09 bits per heavy atom. The predicted octanol–water partition coefficient (Wildman–Crippen LogP) is 3.63. The van der Waals surface area contributed by atoms with Gasteiger partial charge in [0.05, 0.1) is 29.8 Å². The number of aryl methyl sites for hydroxylation is 1. The number of imidazole rings is 1. The van der Waals surface area contributed by atoms with Gasteiger partial charge in [0.25, 0.3) is 0 Å². The maximum absolute atomic E-state index is 6.06. The number of fused-ring (bicyclic) bond motifs is 2. The highest BCUT2D eigenvalue weighted by Gasteiger charge is 2.19. The van der Waals surface area contributed by atoms with Crippen molar-refractivity contribution in [1.82, 2.24) is 9.55 Å². The average molecular weight is 314 g/mol. The monoisotopic (exact) mass is 313 g/mol. The van der Waals surface area contributed by atoms with Crippen molar-refractivity contribution in [2.75, 3.05) is 18.1 Å². The lowest BCUT2D eigenvalue weighted by Gasteiger charge is -2.30. The van der Waals surface area contributed by atoms with Crippen LogP contribution in [0.2, 0.25) is 5.02 Å². The molecular formula is C17H16ClN3O. The number of hydrogen-bond donors (Lipinski definition) is 0. The molecule has 0 amide bonds. The first-order valence-electron chi connectivity index (χ1n) is 7.30. The van der Waals surface area contributed by atoms with E-state index in [0.717, 1.165) is 41.4 Å². The van der Waals surface area contributed by atoms with Gasteiger partial charge in [0.1, 0.15) is 18.2 Å². The summed E-state index contributed by atoms with van der Waals surface area (Å²) in [6.45, 7) is 2.32. The van der Waals surface area contributed by atoms with Gasteiger partial charge < -0.3 is 14.2 Å². The fourth-order valence-electron chi connectivity index (χ4n) is 2.93. The van der Waals surface area contributed by atoms with Gasteiger partial charge in [-0.3, -0.25) is 0 Å². The summed E-state index contributed by atoms with van der Waals surface area (Å²) >= 11 is 6.06. The van der Waals surface area contributed by atoms with Crippen molar-refractivity contribution in [3.05, 3.63) is 53.3 Å². The summed E-state index contributed by atoms with van der Waals surface area (Å²) in [6, 6.07) is 14.0. The van der Waals surface area contributed by atoms with Gasteiger partial charge in [0, 0.05) is 12.1 Å². The summed E-state index contributed by atoms with van der Waals surface area (Å²) in [5, 5.41) is 0.717. The van der Waals surface area contributed by atoms with Gasteiger partial charge in [0.15, 0.2) is 0 Å². The Balaban J connectivity index is 1.71. The molecule has 0 N–H and O–H groups in total. The zero-order valence-corrected chi connectivity index (χ0v) is 13.0. The second-order valence-electron chi connectivity index (χ2n) is 5.46. The van der Waals surface area contributed by atoms with E-state index in [1.807, 2.05) is 43.4 Å². The molecule has 1 aliphatic rings. The standard InChI is InChI=1S/C17H16ClN3O/c1-20-14-7-6-12(18)10-13(14)19-17(20)11-21-8-9-22-16-5-3-2-4-15(16)21/h2-7,10H,8-9,11H2,1H3. The number of para-hydroxylation sites is 2. The summed E-state index contributed by atoms with van der Waals surface area (Å²) < 4.78 is 7.84. The molecule has 0 spiro atoms. The van der Waals surface area contributed by atoms with Crippen LogP contribution >= 0.6 is 11.6 Å². The predicted molar refractivity (Wildman–Crippen MR) is 88.7 cm³/mol. The summed E-state index contributed by atoms with van der Waals surface area (Å²) in [7, 11) is 2.05. The van der Waals surface area contributed by atoms with E-state index < -0.39 is 0 Å². The van der Waals surface area contributed by atoms with Gasteiger partial charge in [-0.1, -0.05) is 23.7 Å². The molecule has 4 rings (SSSR count). The fraction of sp³-hybridized carbons (Fsp3) is 0.235. The van der Waals surface area contributed by atoms with Crippen LogP contribution in [0, 0.1) is 0 Å². The molecule has 2 aromatic carbocycles. The first-order valence-corrected chi connectivity index (χ1v) is 7.68. The topological polar surface area (TPSA) is 30.3 Å². The van der Waals surface area contributed by atoms with E-state index in [2.05, 4.69) is 15.5 Å². The summed E-state index contributed by atoms with van der Waals surface area (Å²) in [5.41, 5.74) is 3.16. The molecule has 0 aliphatic carbocycles. The van der Waals surface area contributed by atoms with Gasteiger partial charge in [-0.15, -0.1) is 0 Å². The van der Waals surface area contributed by atoms with Gasteiger partial charge >= 0.3 is 0 Å². The number of ether oxygens (including phenoxy) is 1. The molecule has 2 heterocycles. The Morgan fingerprint density at radius 1 is 1.23 bits per heavy atom. The van der Waals surface area contributed by atoms with Crippen LogP contribution in [0.5, 0.6) is 5.75 Å². The second-order valence-corrected chi connectivity index (χ2v) is 5.89. The maximum Gasteiger partial charge on any atom is 0.142 e. The maximum atomic E-state index is 6.06. The van der Waals surface area contributed by atoms with E-state index in [4.69, 9.17) is 21.3 Å². The van der Waals surface area contributed by atoms with Crippen LogP contribution in [0.25, 0.3) is 11.0 Å². The van der Waals surface area contributed by atoms with Crippen LogP contribution in [-0.2, 0) is 13.6 Å². The summed E-state index contributed by atoms with van der Waals surface area (Å²) in [5.74, 6) is 1.96. The molecule has 0 radical (unpaired) electrons. The molecule has 5 heteroatoms. The first kappa shape index (κ1) is 13.5. The number of halogens is 1. The minimum atomic E-state index is 0.701. The molecule has 0 bridgehead atoms. The number of rotatable bonds is 2. The van der Waals surface area contributed by atoms with E-state index in [-0.39, 0.29) is 0 Å². The van der Waals surface area contributed by atoms with Crippen molar-refractivity contribution in [2.45, 2.75) is 6.54 Å². The van der Waals surface area contributed by atoms with Crippen LogP contribution < -0.4 is 9.64 Å². The van der Waals surface area contributed by atoms with E-state index in [1.165, 1.54) is 0 Å². The molecule has 1 aromatic heterocycles. The molecule has 0 atom stereocenters. The van der Waals surface area contributed by atoms with E-state index >= 15 is 0 Å². The second kappa shape index (κ2) is 5.21. The van der Waals surface area contributed by atoms with Crippen molar-refractivity contribution < 1.29 is 4.74 Å². The highest BCUT2D eigenvalue weighted by molar-refractivity contribution is 6.31. The molecule has 0 fully saturated rings. The Kier molecular flexibility index (Phi) is 3.19. The van der Waals surface area contributed by atoms with Crippen LogP contribution in [0.15, 0.2) is 42.5 Å². The first-order chi connectivity index (χ1) is 10.7. The van der Waals surface area contributed by atoms with Crippen molar-refractivity contribution in [3.63, 3.8) is 0 Å². The summed E-state index contributed by atoms with van der Waals surface area (Å²) in [4.78, 5) is 7.04.